The lowest BCUT2D eigenvalue weighted by Gasteiger charge is -2.23. The van der Waals surface area contributed by atoms with E-state index >= 15 is 0 Å². The Morgan fingerprint density at radius 3 is 2.00 bits per heavy atom. The third-order valence-corrected chi connectivity index (χ3v) is 4.22. The molecule has 0 aromatic heterocycles. The summed E-state index contributed by atoms with van der Waals surface area (Å²) in [6, 6.07) is -5.45. The first-order valence-corrected chi connectivity index (χ1v) is 9.03. The van der Waals surface area contributed by atoms with Gasteiger partial charge in [-0.15, -0.1) is 0 Å². The first kappa shape index (κ1) is 24.8. The number of carbonyl (C=O) groups is 6. The highest BCUT2D eigenvalue weighted by atomic mass is 16.4. The SMILES string of the molecule is NC(=O)CC(NC(=O)C(CO)NC(=O)C1CCCN1)C(=O)NC(CC(=O)O)C(=O)O. The van der Waals surface area contributed by atoms with E-state index in [1.807, 2.05) is 5.32 Å². The van der Waals surface area contributed by atoms with Gasteiger partial charge >= 0.3 is 11.9 Å². The van der Waals surface area contributed by atoms with Gasteiger partial charge in [-0.25, -0.2) is 4.79 Å². The predicted molar refractivity (Wildman–Crippen MR) is 97.6 cm³/mol. The number of primary amides is 1. The van der Waals surface area contributed by atoms with Crippen LogP contribution in [0.5, 0.6) is 0 Å². The van der Waals surface area contributed by atoms with E-state index in [4.69, 9.17) is 15.9 Å². The number of carboxylic acids is 2. The minimum Gasteiger partial charge on any atom is -0.481 e. The third kappa shape index (κ3) is 8.00. The van der Waals surface area contributed by atoms with Crippen LogP contribution >= 0.6 is 0 Å². The highest BCUT2D eigenvalue weighted by molar-refractivity contribution is 5.96. The van der Waals surface area contributed by atoms with E-state index in [0.717, 1.165) is 6.42 Å². The Morgan fingerprint density at radius 2 is 1.53 bits per heavy atom. The molecule has 14 heteroatoms. The zero-order valence-corrected chi connectivity index (χ0v) is 15.9. The molecular weight excluding hydrogens is 406 g/mol. The molecule has 0 aromatic rings. The molecule has 1 heterocycles. The first-order chi connectivity index (χ1) is 14.0. The Bertz CT molecular complexity index is 693. The number of aliphatic carboxylic acids is 2. The van der Waals surface area contributed by atoms with Crippen molar-refractivity contribution in [3.05, 3.63) is 0 Å². The summed E-state index contributed by atoms with van der Waals surface area (Å²) in [5.74, 6) is -6.88. The molecule has 1 saturated heterocycles. The maximum absolute atomic E-state index is 12.4. The molecule has 1 aliphatic rings. The third-order valence-electron chi connectivity index (χ3n) is 4.22. The Hall–Kier alpha value is -3.26. The standard InChI is InChI=1S/C16H25N5O9/c17-11(23)4-8(14(27)20-9(16(29)30)5-12(24)25)19-15(28)10(6-22)21-13(26)7-2-1-3-18-7/h7-10,18,22H,1-6H2,(H2,17,23)(H,19,28)(H,20,27)(H,21,26)(H,24,25)(H,29,30). The van der Waals surface area contributed by atoms with Crippen molar-refractivity contribution in [1.29, 1.82) is 0 Å². The van der Waals surface area contributed by atoms with E-state index in [-0.39, 0.29) is 0 Å². The fourth-order valence-electron chi connectivity index (χ4n) is 2.70. The van der Waals surface area contributed by atoms with Crippen molar-refractivity contribution in [1.82, 2.24) is 21.3 Å². The molecule has 4 atom stereocenters. The fourth-order valence-corrected chi connectivity index (χ4v) is 2.70. The van der Waals surface area contributed by atoms with Crippen LogP contribution in [0, 0.1) is 0 Å². The monoisotopic (exact) mass is 431 g/mol. The van der Waals surface area contributed by atoms with Crippen LogP contribution in [-0.4, -0.2) is 88.2 Å². The number of hydrogen-bond donors (Lipinski definition) is 8. The van der Waals surface area contributed by atoms with Gasteiger partial charge in [0.15, 0.2) is 0 Å². The minimum absolute atomic E-state index is 0.537. The maximum atomic E-state index is 12.4. The summed E-state index contributed by atoms with van der Waals surface area (Å²) in [6.45, 7) is -0.192. The van der Waals surface area contributed by atoms with Gasteiger partial charge in [0.1, 0.15) is 18.1 Å². The van der Waals surface area contributed by atoms with Crippen molar-refractivity contribution >= 4 is 35.6 Å². The smallest absolute Gasteiger partial charge is 0.326 e. The Kier molecular flexibility index (Phi) is 9.64. The number of carbonyl (C=O) groups excluding carboxylic acids is 4. The lowest BCUT2D eigenvalue weighted by atomic mass is 10.1. The van der Waals surface area contributed by atoms with Crippen molar-refractivity contribution in [3.8, 4) is 0 Å². The highest BCUT2D eigenvalue weighted by Gasteiger charge is 2.32. The number of amides is 4. The average Bonchev–Trinajstić information content (AvgIpc) is 3.18. The van der Waals surface area contributed by atoms with E-state index in [2.05, 4.69) is 16.0 Å². The topological polar surface area (TPSA) is 237 Å². The highest BCUT2D eigenvalue weighted by Crippen LogP contribution is 2.05. The van der Waals surface area contributed by atoms with Gasteiger partial charge < -0.3 is 42.3 Å². The molecule has 0 saturated carbocycles. The lowest BCUT2D eigenvalue weighted by molar-refractivity contribution is -0.147. The largest absolute Gasteiger partial charge is 0.481 e. The molecule has 9 N–H and O–H groups in total. The van der Waals surface area contributed by atoms with Gasteiger partial charge in [0.05, 0.1) is 25.5 Å². The Morgan fingerprint density at radius 1 is 0.933 bits per heavy atom. The van der Waals surface area contributed by atoms with E-state index in [0.29, 0.717) is 13.0 Å². The van der Waals surface area contributed by atoms with E-state index < -0.39 is 79.2 Å². The number of aliphatic hydroxyl groups is 1. The summed E-state index contributed by atoms with van der Waals surface area (Å²) in [5.41, 5.74) is 5.04. The molecule has 4 amide bonds. The normalized spacial score (nSPS) is 18.5. The molecule has 0 radical (unpaired) electrons. The molecule has 1 fully saturated rings. The maximum Gasteiger partial charge on any atom is 0.326 e. The predicted octanol–water partition coefficient (Wildman–Crippen LogP) is -4.38. The molecule has 1 rings (SSSR count). The van der Waals surface area contributed by atoms with Crippen LogP contribution < -0.4 is 27.0 Å². The second kappa shape index (κ2) is 11.7. The summed E-state index contributed by atoms with van der Waals surface area (Å²) in [5, 5.41) is 36.3. The van der Waals surface area contributed by atoms with E-state index in [9.17, 15) is 33.9 Å². The van der Waals surface area contributed by atoms with Crippen LogP contribution in [0.3, 0.4) is 0 Å². The van der Waals surface area contributed by atoms with Crippen LogP contribution in [-0.2, 0) is 28.8 Å². The van der Waals surface area contributed by atoms with E-state index in [1.54, 1.807) is 0 Å². The number of rotatable bonds is 12. The summed E-state index contributed by atoms with van der Waals surface area (Å²) >= 11 is 0. The zero-order valence-electron chi connectivity index (χ0n) is 15.9. The van der Waals surface area contributed by atoms with Crippen molar-refractivity contribution in [2.24, 2.45) is 5.73 Å². The summed E-state index contributed by atoms with van der Waals surface area (Å²) in [4.78, 5) is 69.8. The quantitative estimate of drug-likeness (QED) is 0.148. The number of hydrogen-bond acceptors (Lipinski definition) is 8. The van der Waals surface area contributed by atoms with Gasteiger partial charge in [-0.1, -0.05) is 0 Å². The number of aliphatic hydroxyl groups excluding tert-OH is 1. The minimum atomic E-state index is -1.82. The number of nitrogens with one attached hydrogen (secondary N) is 4. The molecule has 14 nitrogen and oxygen atoms in total. The molecule has 0 spiro atoms. The molecule has 0 aliphatic carbocycles. The van der Waals surface area contributed by atoms with Crippen molar-refractivity contribution in [2.75, 3.05) is 13.2 Å². The first-order valence-electron chi connectivity index (χ1n) is 9.03. The lowest BCUT2D eigenvalue weighted by Crippen LogP contribution is -2.58. The van der Waals surface area contributed by atoms with E-state index in [1.165, 1.54) is 0 Å². The molecule has 4 unspecified atom stereocenters. The molecule has 1 aliphatic heterocycles. The van der Waals surface area contributed by atoms with Crippen LogP contribution in [0.4, 0.5) is 0 Å². The van der Waals surface area contributed by atoms with Gasteiger partial charge in [-0.05, 0) is 19.4 Å². The second-order valence-corrected chi connectivity index (χ2v) is 6.62. The molecular formula is C16H25N5O9. The molecule has 0 bridgehead atoms. The molecule has 168 valence electrons. The van der Waals surface area contributed by atoms with Gasteiger partial charge in [0.2, 0.25) is 23.6 Å². The van der Waals surface area contributed by atoms with Gasteiger partial charge in [0, 0.05) is 0 Å². The Balaban J connectivity index is 2.82. The van der Waals surface area contributed by atoms with Gasteiger partial charge in [-0.3, -0.25) is 24.0 Å². The average molecular weight is 431 g/mol. The van der Waals surface area contributed by atoms with Crippen LogP contribution in [0.25, 0.3) is 0 Å². The van der Waals surface area contributed by atoms with Gasteiger partial charge in [0.25, 0.3) is 0 Å². The summed E-state index contributed by atoms with van der Waals surface area (Å²) in [7, 11) is 0. The van der Waals surface area contributed by atoms with Crippen molar-refractivity contribution < 1.29 is 44.1 Å². The zero-order chi connectivity index (χ0) is 22.8. The fraction of sp³-hybridized carbons (Fsp3) is 0.625. The summed E-state index contributed by atoms with van der Waals surface area (Å²) < 4.78 is 0. The Labute approximate surface area is 170 Å². The van der Waals surface area contributed by atoms with Crippen LogP contribution in [0.1, 0.15) is 25.7 Å². The van der Waals surface area contributed by atoms with Crippen LogP contribution in [0.2, 0.25) is 0 Å². The number of nitrogens with two attached hydrogens (primary N) is 1. The van der Waals surface area contributed by atoms with Crippen molar-refractivity contribution in [2.45, 2.75) is 49.9 Å². The number of carboxylic acid groups (broad SMARTS) is 2. The molecule has 30 heavy (non-hydrogen) atoms. The second-order valence-electron chi connectivity index (χ2n) is 6.62. The van der Waals surface area contributed by atoms with Crippen LogP contribution in [0.15, 0.2) is 0 Å². The van der Waals surface area contributed by atoms with Crippen molar-refractivity contribution in [3.63, 3.8) is 0 Å². The summed E-state index contributed by atoms with van der Waals surface area (Å²) in [6.07, 6.45) is -0.371. The molecule has 0 aromatic carbocycles. The van der Waals surface area contributed by atoms with Gasteiger partial charge in [-0.2, -0.15) is 0 Å².